The third-order valence-electron chi connectivity index (χ3n) is 4.05. The van der Waals surface area contributed by atoms with Crippen LogP contribution < -0.4 is 9.47 Å². The van der Waals surface area contributed by atoms with Crippen molar-refractivity contribution in [2.45, 2.75) is 5.92 Å². The molecular formula is C19H18N2O4. The van der Waals surface area contributed by atoms with E-state index in [9.17, 15) is 9.59 Å². The first-order valence-electron chi connectivity index (χ1n) is 7.69. The summed E-state index contributed by atoms with van der Waals surface area (Å²) in [6, 6.07) is 12.7. The average molecular weight is 338 g/mol. The highest BCUT2D eigenvalue weighted by atomic mass is 16.5. The Morgan fingerprint density at radius 3 is 1.64 bits per heavy atom. The van der Waals surface area contributed by atoms with Crippen LogP contribution in [0.15, 0.2) is 42.5 Å². The Balaban J connectivity index is 2.16. The Bertz CT molecular complexity index is 826. The van der Waals surface area contributed by atoms with E-state index < -0.39 is 0 Å². The third kappa shape index (κ3) is 3.33. The molecule has 0 bridgehead atoms. The van der Waals surface area contributed by atoms with Crippen molar-refractivity contribution < 1.29 is 19.1 Å². The van der Waals surface area contributed by atoms with Gasteiger partial charge in [-0.3, -0.25) is 9.59 Å². The Morgan fingerprint density at radius 2 is 1.28 bits per heavy atom. The number of aromatic nitrogens is 2. The minimum Gasteiger partial charge on any atom is -0.497 e. The van der Waals surface area contributed by atoms with Gasteiger partial charge in [0.25, 0.3) is 0 Å². The molecule has 2 heterocycles. The lowest BCUT2D eigenvalue weighted by Crippen LogP contribution is -2.06. The van der Waals surface area contributed by atoms with Crippen LogP contribution in [0.3, 0.4) is 0 Å². The molecular weight excluding hydrogens is 320 g/mol. The number of hydrogen-bond donors (Lipinski definition) is 2. The zero-order chi connectivity index (χ0) is 17.8. The van der Waals surface area contributed by atoms with Gasteiger partial charge in [0.05, 0.1) is 31.5 Å². The summed E-state index contributed by atoms with van der Waals surface area (Å²) in [5.41, 5.74) is 3.50. The zero-order valence-electron chi connectivity index (χ0n) is 13.9. The van der Waals surface area contributed by atoms with Crippen molar-refractivity contribution >= 4 is 12.6 Å². The van der Waals surface area contributed by atoms with Crippen LogP contribution in [0, 0.1) is 0 Å². The number of ether oxygens (including phenoxy) is 2. The van der Waals surface area contributed by atoms with E-state index in [1.54, 1.807) is 32.4 Å². The van der Waals surface area contributed by atoms with Crippen LogP contribution in [-0.4, -0.2) is 36.8 Å². The van der Waals surface area contributed by atoms with Crippen LogP contribution in [0.1, 0.15) is 43.8 Å². The van der Waals surface area contributed by atoms with Crippen LogP contribution in [0.5, 0.6) is 11.5 Å². The quantitative estimate of drug-likeness (QED) is 0.648. The fourth-order valence-electron chi connectivity index (χ4n) is 2.86. The number of H-pyrrole nitrogens is 2. The molecule has 0 aliphatic rings. The van der Waals surface area contributed by atoms with E-state index >= 15 is 0 Å². The van der Waals surface area contributed by atoms with E-state index in [1.807, 2.05) is 24.3 Å². The van der Waals surface area contributed by atoms with Crippen molar-refractivity contribution in [1.29, 1.82) is 0 Å². The normalized spacial score (nSPS) is 10.7. The number of rotatable bonds is 7. The number of nitrogens with one attached hydrogen (secondary N) is 2. The van der Waals surface area contributed by atoms with Crippen molar-refractivity contribution in [2.75, 3.05) is 14.2 Å². The molecule has 2 N–H and O–H groups in total. The molecule has 0 spiro atoms. The fourth-order valence-corrected chi connectivity index (χ4v) is 2.86. The number of benzene rings is 1. The highest BCUT2D eigenvalue weighted by Crippen LogP contribution is 2.35. The number of aldehydes is 2. The molecule has 25 heavy (non-hydrogen) atoms. The topological polar surface area (TPSA) is 84.2 Å². The number of hydrogen-bond acceptors (Lipinski definition) is 4. The summed E-state index contributed by atoms with van der Waals surface area (Å²) in [5, 5.41) is 0. The van der Waals surface area contributed by atoms with Gasteiger partial charge in [-0.2, -0.15) is 0 Å². The standard InChI is InChI=1S/C19H18N2O4/c1-24-15-7-12(8-16(9-15)25-2)19(17-5-3-13(10-22)20-17)18-6-4-14(11-23)21-18/h3-11,19-21H,1-2H3. The first-order valence-corrected chi connectivity index (χ1v) is 7.69. The molecule has 128 valence electrons. The predicted octanol–water partition coefficient (Wildman–Crippen LogP) is 3.17. The average Bonchev–Trinajstić information content (AvgIpc) is 3.31. The molecule has 0 atom stereocenters. The van der Waals surface area contributed by atoms with Crippen LogP contribution in [0.25, 0.3) is 0 Å². The van der Waals surface area contributed by atoms with Gasteiger partial charge < -0.3 is 19.4 Å². The molecule has 6 heteroatoms. The van der Waals surface area contributed by atoms with Crippen LogP contribution in [0.2, 0.25) is 0 Å². The van der Waals surface area contributed by atoms with E-state index in [1.165, 1.54) is 0 Å². The lowest BCUT2D eigenvalue weighted by molar-refractivity contribution is 0.111. The van der Waals surface area contributed by atoms with Gasteiger partial charge >= 0.3 is 0 Å². The molecule has 3 rings (SSSR count). The molecule has 0 aliphatic carbocycles. The van der Waals surface area contributed by atoms with Crippen LogP contribution in [-0.2, 0) is 0 Å². The molecule has 0 unspecified atom stereocenters. The predicted molar refractivity (Wildman–Crippen MR) is 92.9 cm³/mol. The Labute approximate surface area is 144 Å². The second-order valence-corrected chi connectivity index (χ2v) is 5.55. The summed E-state index contributed by atoms with van der Waals surface area (Å²) in [6.45, 7) is 0. The summed E-state index contributed by atoms with van der Waals surface area (Å²) in [7, 11) is 3.18. The number of carbonyl (C=O) groups is 2. The Hall–Kier alpha value is -3.28. The lowest BCUT2D eigenvalue weighted by atomic mass is 9.92. The summed E-state index contributed by atoms with van der Waals surface area (Å²) < 4.78 is 10.7. The number of aromatic amines is 2. The van der Waals surface area contributed by atoms with Crippen molar-refractivity contribution in [2.24, 2.45) is 0 Å². The Morgan fingerprint density at radius 1 is 0.800 bits per heavy atom. The third-order valence-corrected chi connectivity index (χ3v) is 4.05. The summed E-state index contributed by atoms with van der Waals surface area (Å²) >= 11 is 0. The number of methoxy groups -OCH3 is 2. The van der Waals surface area contributed by atoms with Gasteiger partial charge in [-0.05, 0) is 42.0 Å². The number of carbonyl (C=O) groups excluding carboxylic acids is 2. The maximum Gasteiger partial charge on any atom is 0.166 e. The molecule has 0 saturated heterocycles. The molecule has 0 radical (unpaired) electrons. The molecule has 0 saturated carbocycles. The minimum atomic E-state index is -0.244. The van der Waals surface area contributed by atoms with Crippen molar-refractivity contribution in [1.82, 2.24) is 9.97 Å². The van der Waals surface area contributed by atoms with Gasteiger partial charge in [-0.15, -0.1) is 0 Å². The van der Waals surface area contributed by atoms with E-state index in [0.29, 0.717) is 22.9 Å². The van der Waals surface area contributed by atoms with E-state index in [0.717, 1.165) is 29.5 Å². The highest BCUT2D eigenvalue weighted by Gasteiger charge is 2.22. The highest BCUT2D eigenvalue weighted by molar-refractivity contribution is 5.73. The lowest BCUT2D eigenvalue weighted by Gasteiger charge is -2.17. The summed E-state index contributed by atoms with van der Waals surface area (Å²) in [6.07, 6.45) is 1.52. The molecule has 0 aliphatic heterocycles. The van der Waals surface area contributed by atoms with Gasteiger partial charge in [0, 0.05) is 17.5 Å². The zero-order valence-corrected chi connectivity index (χ0v) is 13.9. The molecule has 0 amide bonds. The molecule has 0 fully saturated rings. The Kier molecular flexibility index (Phi) is 4.70. The first-order chi connectivity index (χ1) is 12.2. The van der Waals surface area contributed by atoms with Gasteiger partial charge in [-0.25, -0.2) is 0 Å². The molecule has 3 aromatic rings. The summed E-state index contributed by atoms with van der Waals surface area (Å²) in [4.78, 5) is 28.3. The molecule has 1 aromatic carbocycles. The largest absolute Gasteiger partial charge is 0.497 e. The van der Waals surface area contributed by atoms with E-state index in [2.05, 4.69) is 9.97 Å². The van der Waals surface area contributed by atoms with Gasteiger partial charge in [0.1, 0.15) is 11.5 Å². The van der Waals surface area contributed by atoms with Crippen molar-refractivity contribution in [3.8, 4) is 11.5 Å². The van der Waals surface area contributed by atoms with Crippen molar-refractivity contribution in [3.05, 3.63) is 70.8 Å². The molecule has 2 aromatic heterocycles. The SMILES string of the molecule is COc1cc(OC)cc(C(c2ccc(C=O)[nH]2)c2ccc(C=O)[nH]2)c1. The monoisotopic (exact) mass is 338 g/mol. The maximum absolute atomic E-state index is 11.0. The van der Waals surface area contributed by atoms with Gasteiger partial charge in [-0.1, -0.05) is 0 Å². The first kappa shape index (κ1) is 16.6. The minimum absolute atomic E-state index is 0.244. The molecule has 6 nitrogen and oxygen atoms in total. The fraction of sp³-hybridized carbons (Fsp3) is 0.158. The van der Waals surface area contributed by atoms with Gasteiger partial charge in [0.15, 0.2) is 12.6 Å². The van der Waals surface area contributed by atoms with Crippen LogP contribution >= 0.6 is 0 Å². The van der Waals surface area contributed by atoms with Crippen LogP contribution in [0.4, 0.5) is 0 Å². The van der Waals surface area contributed by atoms with Gasteiger partial charge in [0.2, 0.25) is 0 Å². The second-order valence-electron chi connectivity index (χ2n) is 5.55. The van der Waals surface area contributed by atoms with E-state index in [4.69, 9.17) is 9.47 Å². The smallest absolute Gasteiger partial charge is 0.166 e. The maximum atomic E-state index is 11.0. The second kappa shape index (κ2) is 7.09. The van der Waals surface area contributed by atoms with E-state index in [-0.39, 0.29) is 5.92 Å². The summed E-state index contributed by atoms with van der Waals surface area (Å²) in [5.74, 6) is 1.07. The van der Waals surface area contributed by atoms with Crippen molar-refractivity contribution in [3.63, 3.8) is 0 Å².